The number of nitrogens with zero attached hydrogens (tertiary/aromatic N) is 1. The average Bonchev–Trinajstić information content (AvgIpc) is 3.25. The van der Waals surface area contributed by atoms with Crippen molar-refractivity contribution < 1.29 is 13.9 Å². The van der Waals surface area contributed by atoms with Crippen LogP contribution in [0.5, 0.6) is 5.75 Å². The Morgan fingerprint density at radius 1 is 1.32 bits per heavy atom. The van der Waals surface area contributed by atoms with Crippen LogP contribution in [-0.4, -0.2) is 22.0 Å². The fraction of sp³-hybridized carbons (Fsp3) is 0.222. The number of carbonyl (C=O) groups excluding carboxylic acids is 1. The molecule has 7 heteroatoms. The van der Waals surface area contributed by atoms with Gasteiger partial charge in [-0.2, -0.15) is 0 Å². The second-order valence-electron chi connectivity index (χ2n) is 5.92. The van der Waals surface area contributed by atoms with E-state index in [1.807, 2.05) is 36.4 Å². The number of rotatable bonds is 5. The maximum atomic E-state index is 12.4. The van der Waals surface area contributed by atoms with E-state index >= 15 is 0 Å². The predicted molar refractivity (Wildman–Crippen MR) is 101 cm³/mol. The Labute approximate surface area is 158 Å². The summed E-state index contributed by atoms with van der Waals surface area (Å²) in [5.41, 5.74) is 0.449. The zero-order valence-corrected chi connectivity index (χ0v) is 15.6. The summed E-state index contributed by atoms with van der Waals surface area (Å²) in [4.78, 5) is 14.0. The molecule has 0 atom stereocenters. The van der Waals surface area contributed by atoms with Crippen molar-refractivity contribution in [3.8, 4) is 5.75 Å². The van der Waals surface area contributed by atoms with E-state index in [1.54, 1.807) is 11.0 Å². The van der Waals surface area contributed by atoms with E-state index in [9.17, 15) is 4.79 Å². The van der Waals surface area contributed by atoms with Gasteiger partial charge in [0.1, 0.15) is 29.6 Å². The monoisotopic (exact) mass is 418 g/mol. The number of nitrogens with one attached hydrogen (secondary N) is 1. The largest absolute Gasteiger partial charge is 0.484 e. The first-order valence-electron chi connectivity index (χ1n) is 7.94. The molecule has 1 aliphatic carbocycles. The highest BCUT2D eigenvalue weighted by atomic mass is 79.9. The van der Waals surface area contributed by atoms with Crippen molar-refractivity contribution in [1.29, 1.82) is 0 Å². The van der Waals surface area contributed by atoms with Crippen molar-refractivity contribution in [3.05, 3.63) is 58.1 Å². The second kappa shape index (κ2) is 6.65. The van der Waals surface area contributed by atoms with Crippen LogP contribution in [-0.2, 0) is 11.4 Å². The van der Waals surface area contributed by atoms with E-state index in [1.165, 1.54) is 0 Å². The van der Waals surface area contributed by atoms with Crippen LogP contribution in [0.25, 0.3) is 6.08 Å². The van der Waals surface area contributed by atoms with Crippen LogP contribution in [0.2, 0.25) is 0 Å². The van der Waals surface area contributed by atoms with Gasteiger partial charge >= 0.3 is 0 Å². The normalized spacial score (nSPS) is 18.8. The van der Waals surface area contributed by atoms with Gasteiger partial charge in [-0.25, -0.2) is 0 Å². The number of hydrogen-bond donors (Lipinski definition) is 1. The van der Waals surface area contributed by atoms with Gasteiger partial charge < -0.3 is 14.5 Å². The van der Waals surface area contributed by atoms with Crippen LogP contribution in [0.4, 0.5) is 0 Å². The first kappa shape index (κ1) is 16.4. The van der Waals surface area contributed by atoms with E-state index in [4.69, 9.17) is 21.4 Å². The van der Waals surface area contributed by atoms with Crippen molar-refractivity contribution in [2.45, 2.75) is 25.5 Å². The van der Waals surface area contributed by atoms with Gasteiger partial charge in [0, 0.05) is 12.1 Å². The highest BCUT2D eigenvalue weighted by Gasteiger charge is 2.41. The molecule has 0 radical (unpaired) electrons. The minimum Gasteiger partial charge on any atom is -0.484 e. The molecule has 1 aromatic heterocycles. The fourth-order valence-corrected chi connectivity index (χ4v) is 3.36. The van der Waals surface area contributed by atoms with Gasteiger partial charge in [0.25, 0.3) is 5.91 Å². The zero-order chi connectivity index (χ0) is 17.4. The SMILES string of the molecule is O=C1/C(=C\c2ccc(COc3ccccc3Br)o2)NC(=S)N1C1CC1. The molecule has 2 aliphatic rings. The Balaban J connectivity index is 1.44. The van der Waals surface area contributed by atoms with Crippen LogP contribution >= 0.6 is 28.1 Å². The van der Waals surface area contributed by atoms with Gasteiger partial charge in [0.2, 0.25) is 0 Å². The van der Waals surface area contributed by atoms with Crippen LogP contribution < -0.4 is 10.1 Å². The number of para-hydroxylation sites is 1. The van der Waals surface area contributed by atoms with Crippen molar-refractivity contribution in [2.24, 2.45) is 0 Å². The molecule has 0 bridgehead atoms. The fourth-order valence-electron chi connectivity index (χ4n) is 2.62. The molecule has 2 fully saturated rings. The van der Waals surface area contributed by atoms with Crippen LogP contribution in [0.15, 0.2) is 51.0 Å². The summed E-state index contributed by atoms with van der Waals surface area (Å²) in [6.45, 7) is 0.305. The second-order valence-corrected chi connectivity index (χ2v) is 7.16. The lowest BCUT2D eigenvalue weighted by atomic mass is 10.3. The molecule has 1 amide bonds. The molecule has 5 nitrogen and oxygen atoms in total. The topological polar surface area (TPSA) is 54.7 Å². The highest BCUT2D eigenvalue weighted by Crippen LogP contribution is 2.31. The number of amides is 1. The summed E-state index contributed by atoms with van der Waals surface area (Å²) in [7, 11) is 0. The molecule has 0 spiro atoms. The van der Waals surface area contributed by atoms with Gasteiger partial charge in [0.05, 0.1) is 4.47 Å². The lowest BCUT2D eigenvalue weighted by Gasteiger charge is -2.11. The smallest absolute Gasteiger partial charge is 0.276 e. The number of thiocarbonyl (C=S) groups is 1. The molecule has 2 aromatic rings. The highest BCUT2D eigenvalue weighted by molar-refractivity contribution is 9.10. The quantitative estimate of drug-likeness (QED) is 0.590. The minimum absolute atomic E-state index is 0.0880. The van der Waals surface area contributed by atoms with Crippen molar-refractivity contribution in [1.82, 2.24) is 10.2 Å². The summed E-state index contributed by atoms with van der Waals surface area (Å²) < 4.78 is 12.3. The molecular formula is C18H15BrN2O3S. The Bertz CT molecular complexity index is 873. The van der Waals surface area contributed by atoms with Crippen molar-refractivity contribution in [3.63, 3.8) is 0 Å². The number of carbonyl (C=O) groups is 1. The third-order valence-corrected chi connectivity index (χ3v) is 4.95. The molecule has 0 unspecified atom stereocenters. The molecule has 2 heterocycles. The minimum atomic E-state index is -0.0880. The summed E-state index contributed by atoms with van der Waals surface area (Å²) >= 11 is 8.68. The molecule has 1 N–H and O–H groups in total. The maximum absolute atomic E-state index is 12.4. The first-order valence-corrected chi connectivity index (χ1v) is 9.14. The lowest BCUT2D eigenvalue weighted by Crippen LogP contribution is -2.32. The van der Waals surface area contributed by atoms with Crippen LogP contribution in [0, 0.1) is 0 Å². The number of furan rings is 1. The number of hydrogen-bond acceptors (Lipinski definition) is 4. The third kappa shape index (κ3) is 3.48. The lowest BCUT2D eigenvalue weighted by molar-refractivity contribution is -0.122. The molecular weight excluding hydrogens is 404 g/mol. The number of benzene rings is 1. The standard InChI is InChI=1S/C18H15BrN2O3S/c19-14-3-1-2-4-16(14)23-10-13-8-7-12(24-13)9-15-17(22)21(11-5-6-11)18(25)20-15/h1-4,7-9,11H,5-6,10H2,(H,20,25)/b15-9+. The molecule has 4 rings (SSSR count). The Kier molecular flexibility index (Phi) is 4.35. The Hall–Kier alpha value is -2.12. The summed E-state index contributed by atoms with van der Waals surface area (Å²) in [6, 6.07) is 11.5. The van der Waals surface area contributed by atoms with Gasteiger partial charge in [-0.3, -0.25) is 9.69 Å². The number of halogens is 1. The molecule has 1 aliphatic heterocycles. The maximum Gasteiger partial charge on any atom is 0.276 e. The summed E-state index contributed by atoms with van der Waals surface area (Å²) in [5, 5.41) is 3.44. The molecule has 1 saturated heterocycles. The summed E-state index contributed by atoms with van der Waals surface area (Å²) in [5.74, 6) is 1.92. The summed E-state index contributed by atoms with van der Waals surface area (Å²) in [6.07, 6.45) is 3.70. The van der Waals surface area contributed by atoms with E-state index in [0.717, 1.165) is 23.1 Å². The third-order valence-electron chi connectivity index (χ3n) is 4.00. The van der Waals surface area contributed by atoms with E-state index < -0.39 is 0 Å². The molecule has 1 aromatic carbocycles. The van der Waals surface area contributed by atoms with Crippen molar-refractivity contribution in [2.75, 3.05) is 0 Å². The van der Waals surface area contributed by atoms with Gasteiger partial charge in [0.15, 0.2) is 5.11 Å². The van der Waals surface area contributed by atoms with E-state index in [-0.39, 0.29) is 11.9 Å². The van der Waals surface area contributed by atoms with Gasteiger partial charge in [-0.15, -0.1) is 0 Å². The first-order chi connectivity index (χ1) is 12.1. The Morgan fingerprint density at radius 3 is 2.88 bits per heavy atom. The molecule has 1 saturated carbocycles. The Morgan fingerprint density at radius 2 is 2.12 bits per heavy atom. The predicted octanol–water partition coefficient (Wildman–Crippen LogP) is 3.84. The van der Waals surface area contributed by atoms with Crippen LogP contribution in [0.3, 0.4) is 0 Å². The number of ether oxygens (including phenoxy) is 1. The van der Waals surface area contributed by atoms with Crippen molar-refractivity contribution >= 4 is 45.2 Å². The average molecular weight is 419 g/mol. The zero-order valence-electron chi connectivity index (χ0n) is 13.2. The van der Waals surface area contributed by atoms with Gasteiger partial charge in [-0.05, 0) is 65.3 Å². The van der Waals surface area contributed by atoms with Crippen LogP contribution in [0.1, 0.15) is 24.4 Å². The van der Waals surface area contributed by atoms with Gasteiger partial charge in [-0.1, -0.05) is 12.1 Å². The molecule has 25 heavy (non-hydrogen) atoms. The van der Waals surface area contributed by atoms with E-state index in [2.05, 4.69) is 21.2 Å². The van der Waals surface area contributed by atoms with E-state index in [0.29, 0.717) is 28.9 Å². The molecule has 128 valence electrons.